The molecular formula is C25H21FN2O5. The number of ether oxygens (including phenoxy) is 2. The van der Waals surface area contributed by atoms with Gasteiger partial charge in [-0.1, -0.05) is 6.07 Å². The summed E-state index contributed by atoms with van der Waals surface area (Å²) in [6.45, 7) is 0.0818. The zero-order valence-corrected chi connectivity index (χ0v) is 18.0. The number of benzene rings is 2. The number of hydrogen-bond acceptors (Lipinski definition) is 6. The van der Waals surface area contributed by atoms with E-state index >= 15 is 0 Å². The van der Waals surface area contributed by atoms with Gasteiger partial charge in [-0.05, 0) is 48.0 Å². The van der Waals surface area contributed by atoms with Crippen molar-refractivity contribution >= 4 is 17.4 Å². The fourth-order valence-corrected chi connectivity index (χ4v) is 3.86. The number of rotatable bonds is 6. The summed E-state index contributed by atoms with van der Waals surface area (Å²) in [5.41, 5.74) is 1.30. The van der Waals surface area contributed by atoms with E-state index in [1.54, 1.807) is 42.7 Å². The third-order valence-electron chi connectivity index (χ3n) is 5.47. The van der Waals surface area contributed by atoms with Crippen LogP contribution >= 0.6 is 0 Å². The molecule has 168 valence electrons. The maximum atomic E-state index is 13.4. The number of methoxy groups -OCH3 is 2. The van der Waals surface area contributed by atoms with Gasteiger partial charge in [-0.15, -0.1) is 0 Å². The first kappa shape index (κ1) is 22.0. The van der Waals surface area contributed by atoms with Gasteiger partial charge in [-0.3, -0.25) is 14.6 Å². The molecule has 4 rings (SSSR count). The van der Waals surface area contributed by atoms with Crippen LogP contribution in [0.3, 0.4) is 0 Å². The van der Waals surface area contributed by atoms with E-state index in [1.165, 1.54) is 43.4 Å². The predicted octanol–water partition coefficient (Wildman–Crippen LogP) is 3.86. The van der Waals surface area contributed by atoms with Crippen LogP contribution in [0.4, 0.5) is 4.39 Å². The number of amides is 1. The lowest BCUT2D eigenvalue weighted by molar-refractivity contribution is -0.140. The van der Waals surface area contributed by atoms with Gasteiger partial charge < -0.3 is 19.5 Å². The van der Waals surface area contributed by atoms with Crippen LogP contribution in [0.2, 0.25) is 0 Å². The van der Waals surface area contributed by atoms with Crippen molar-refractivity contribution in [3.05, 3.63) is 95.1 Å². The molecule has 33 heavy (non-hydrogen) atoms. The number of aliphatic hydroxyl groups is 1. The number of nitrogens with zero attached hydrogens (tertiary/aromatic N) is 2. The summed E-state index contributed by atoms with van der Waals surface area (Å²) in [6.07, 6.45) is 3.21. The van der Waals surface area contributed by atoms with E-state index in [1.807, 2.05) is 0 Å². The highest BCUT2D eigenvalue weighted by molar-refractivity contribution is 6.46. The Morgan fingerprint density at radius 2 is 1.85 bits per heavy atom. The van der Waals surface area contributed by atoms with Crippen molar-refractivity contribution in [1.82, 2.24) is 9.88 Å². The number of pyridine rings is 1. The first-order valence-electron chi connectivity index (χ1n) is 10.1. The van der Waals surface area contributed by atoms with E-state index in [9.17, 15) is 19.1 Å². The van der Waals surface area contributed by atoms with Crippen LogP contribution in [0.1, 0.15) is 22.7 Å². The molecule has 2 aromatic carbocycles. The van der Waals surface area contributed by atoms with Gasteiger partial charge in [0.1, 0.15) is 23.1 Å². The van der Waals surface area contributed by atoms with Gasteiger partial charge in [0.25, 0.3) is 11.7 Å². The zero-order valence-electron chi connectivity index (χ0n) is 18.0. The van der Waals surface area contributed by atoms with Crippen molar-refractivity contribution in [3.8, 4) is 11.5 Å². The van der Waals surface area contributed by atoms with E-state index in [4.69, 9.17) is 9.47 Å². The fourth-order valence-electron chi connectivity index (χ4n) is 3.86. The van der Waals surface area contributed by atoms with Crippen LogP contribution in [0.15, 0.2) is 72.6 Å². The molecule has 1 unspecified atom stereocenters. The summed E-state index contributed by atoms with van der Waals surface area (Å²) in [5, 5.41) is 11.1. The Kier molecular flexibility index (Phi) is 6.08. The molecular weight excluding hydrogens is 427 g/mol. The van der Waals surface area contributed by atoms with Gasteiger partial charge in [-0.2, -0.15) is 0 Å². The Morgan fingerprint density at radius 1 is 1.09 bits per heavy atom. The monoisotopic (exact) mass is 448 g/mol. The highest BCUT2D eigenvalue weighted by Crippen LogP contribution is 2.44. The standard InChI is InChI=1S/C25H21FN2O5/c1-32-18-9-10-19(20(12-18)33-2)22-21(23(29)16-5-7-17(26)8-6-16)24(30)25(31)28(22)14-15-4-3-11-27-13-15/h3-13,22,29H,14H2,1-2H3/b23-21-. The first-order chi connectivity index (χ1) is 15.9. The van der Waals surface area contributed by atoms with Crippen LogP contribution in [0.25, 0.3) is 5.76 Å². The van der Waals surface area contributed by atoms with Crippen molar-refractivity contribution in [1.29, 1.82) is 0 Å². The van der Waals surface area contributed by atoms with Gasteiger partial charge >= 0.3 is 0 Å². The predicted molar refractivity (Wildman–Crippen MR) is 118 cm³/mol. The molecule has 8 heteroatoms. The van der Waals surface area contributed by atoms with Crippen LogP contribution in [0.5, 0.6) is 11.5 Å². The second-order valence-corrected chi connectivity index (χ2v) is 7.40. The Bertz CT molecular complexity index is 1230. The summed E-state index contributed by atoms with van der Waals surface area (Å²) >= 11 is 0. The molecule has 3 aromatic rings. The molecule has 2 heterocycles. The molecule has 1 aromatic heterocycles. The van der Waals surface area contributed by atoms with Crippen LogP contribution in [-0.2, 0) is 16.1 Å². The van der Waals surface area contributed by atoms with Gasteiger partial charge in [0.2, 0.25) is 0 Å². The maximum Gasteiger partial charge on any atom is 0.295 e. The van der Waals surface area contributed by atoms with Crippen LogP contribution in [-0.4, -0.2) is 40.9 Å². The largest absolute Gasteiger partial charge is 0.507 e. The number of halogens is 1. The second kappa shape index (κ2) is 9.12. The average molecular weight is 448 g/mol. The molecule has 1 N–H and O–H groups in total. The lowest BCUT2D eigenvalue weighted by atomic mass is 9.94. The minimum atomic E-state index is -0.948. The van der Waals surface area contributed by atoms with Crippen molar-refractivity contribution in [2.75, 3.05) is 14.2 Å². The van der Waals surface area contributed by atoms with E-state index in [0.29, 0.717) is 22.6 Å². The summed E-state index contributed by atoms with van der Waals surface area (Å²) in [4.78, 5) is 31.7. The number of aliphatic hydroxyl groups excluding tert-OH is 1. The molecule has 1 saturated heterocycles. The van der Waals surface area contributed by atoms with Gasteiger partial charge in [0.05, 0.1) is 25.8 Å². The van der Waals surface area contributed by atoms with Gasteiger partial charge in [0, 0.05) is 36.1 Å². The minimum absolute atomic E-state index is 0.0818. The highest BCUT2D eigenvalue weighted by atomic mass is 19.1. The maximum absolute atomic E-state index is 13.4. The molecule has 1 aliphatic rings. The van der Waals surface area contributed by atoms with Crippen molar-refractivity contribution in [3.63, 3.8) is 0 Å². The number of carbonyl (C=O) groups excluding carboxylic acids is 2. The van der Waals surface area contributed by atoms with Crippen molar-refractivity contribution < 1.29 is 28.6 Å². The molecule has 0 spiro atoms. The molecule has 0 saturated carbocycles. The Labute approximate surface area is 189 Å². The zero-order chi connectivity index (χ0) is 23.5. The van der Waals surface area contributed by atoms with Crippen molar-refractivity contribution in [2.45, 2.75) is 12.6 Å². The number of carbonyl (C=O) groups is 2. The molecule has 1 fully saturated rings. The van der Waals surface area contributed by atoms with E-state index < -0.39 is 29.3 Å². The molecule has 7 nitrogen and oxygen atoms in total. The molecule has 0 radical (unpaired) electrons. The smallest absolute Gasteiger partial charge is 0.295 e. The number of hydrogen-bond donors (Lipinski definition) is 1. The molecule has 0 bridgehead atoms. The third-order valence-corrected chi connectivity index (χ3v) is 5.47. The number of Topliss-reactive ketones (excluding diaryl/α,β-unsaturated/α-hetero) is 1. The van der Waals surface area contributed by atoms with Gasteiger partial charge in [0.15, 0.2) is 0 Å². The first-order valence-corrected chi connectivity index (χ1v) is 10.1. The Hall–Kier alpha value is -4.20. The van der Waals surface area contributed by atoms with E-state index in [-0.39, 0.29) is 17.7 Å². The minimum Gasteiger partial charge on any atom is -0.507 e. The number of likely N-dealkylation sites (tertiary alicyclic amines) is 1. The van der Waals surface area contributed by atoms with Crippen LogP contribution in [0, 0.1) is 5.82 Å². The lowest BCUT2D eigenvalue weighted by Gasteiger charge is -2.26. The molecule has 0 aliphatic carbocycles. The van der Waals surface area contributed by atoms with E-state index in [2.05, 4.69) is 4.98 Å². The number of aromatic nitrogens is 1. The lowest BCUT2D eigenvalue weighted by Crippen LogP contribution is -2.29. The Balaban J connectivity index is 1.91. The molecule has 1 atom stereocenters. The topological polar surface area (TPSA) is 89.0 Å². The second-order valence-electron chi connectivity index (χ2n) is 7.40. The number of ketones is 1. The highest BCUT2D eigenvalue weighted by Gasteiger charge is 2.47. The normalized spacial score (nSPS) is 17.3. The Morgan fingerprint density at radius 3 is 2.48 bits per heavy atom. The molecule has 1 aliphatic heterocycles. The average Bonchev–Trinajstić information content (AvgIpc) is 3.09. The SMILES string of the molecule is COc1ccc(C2/C(=C(/O)c3ccc(F)cc3)C(=O)C(=O)N2Cc2cccnc2)c(OC)c1. The summed E-state index contributed by atoms with van der Waals surface area (Å²) in [6, 6.07) is 12.6. The van der Waals surface area contributed by atoms with Crippen molar-refractivity contribution in [2.24, 2.45) is 0 Å². The summed E-state index contributed by atoms with van der Waals surface area (Å²) in [7, 11) is 2.98. The summed E-state index contributed by atoms with van der Waals surface area (Å²) < 4.78 is 24.2. The van der Waals surface area contributed by atoms with Crippen LogP contribution < -0.4 is 9.47 Å². The third kappa shape index (κ3) is 4.15. The van der Waals surface area contributed by atoms with Gasteiger partial charge in [-0.25, -0.2) is 4.39 Å². The van der Waals surface area contributed by atoms with E-state index in [0.717, 1.165) is 0 Å². The molecule has 1 amide bonds. The fraction of sp³-hybridized carbons (Fsp3) is 0.160. The summed E-state index contributed by atoms with van der Waals surface area (Å²) in [5.74, 6) is -1.60. The quantitative estimate of drug-likeness (QED) is 0.350.